The molecule has 1 fully saturated rings. The SMILES string of the molecule is COc1cc(NS(=O)(=O)c2cccc3cccnc23)ccc1C(=O)N1CC(Oc2ncccc2OC)C1. The molecule has 11 heteroatoms. The Labute approximate surface area is 213 Å². The highest BCUT2D eigenvalue weighted by atomic mass is 32.2. The van der Waals surface area contributed by atoms with Gasteiger partial charge in [-0.05, 0) is 36.4 Å². The lowest BCUT2D eigenvalue weighted by atomic mass is 10.1. The fraction of sp³-hybridized carbons (Fsp3) is 0.192. The number of carbonyl (C=O) groups excluding carboxylic acids is 1. The lowest BCUT2D eigenvalue weighted by molar-refractivity contribution is 0.0148. The normalized spacial score (nSPS) is 13.6. The molecule has 1 aliphatic rings. The third kappa shape index (κ3) is 4.85. The molecule has 2 aromatic heterocycles. The van der Waals surface area contributed by atoms with E-state index in [1.165, 1.54) is 38.5 Å². The predicted molar refractivity (Wildman–Crippen MR) is 137 cm³/mol. The monoisotopic (exact) mass is 520 g/mol. The quantitative estimate of drug-likeness (QED) is 0.376. The summed E-state index contributed by atoms with van der Waals surface area (Å²) in [5, 5.41) is 0.710. The fourth-order valence-corrected chi connectivity index (χ4v) is 5.29. The number of methoxy groups -OCH3 is 2. The van der Waals surface area contributed by atoms with E-state index in [1.54, 1.807) is 53.7 Å². The molecule has 37 heavy (non-hydrogen) atoms. The van der Waals surface area contributed by atoms with Crippen molar-refractivity contribution in [2.24, 2.45) is 0 Å². The Morgan fingerprint density at radius 3 is 2.46 bits per heavy atom. The van der Waals surface area contributed by atoms with Crippen LogP contribution in [0.5, 0.6) is 17.4 Å². The van der Waals surface area contributed by atoms with Gasteiger partial charge in [-0.1, -0.05) is 18.2 Å². The van der Waals surface area contributed by atoms with Crippen molar-refractivity contribution < 1.29 is 27.4 Å². The van der Waals surface area contributed by atoms with Crippen LogP contribution in [-0.2, 0) is 10.0 Å². The summed E-state index contributed by atoms with van der Waals surface area (Å²) in [7, 11) is -0.985. The average Bonchev–Trinajstić information content (AvgIpc) is 2.89. The van der Waals surface area contributed by atoms with Crippen molar-refractivity contribution in [1.82, 2.24) is 14.9 Å². The van der Waals surface area contributed by atoms with E-state index in [0.717, 1.165) is 0 Å². The zero-order chi connectivity index (χ0) is 26.0. The number of hydrogen-bond acceptors (Lipinski definition) is 8. The fourth-order valence-electron chi connectivity index (χ4n) is 4.06. The first kappa shape index (κ1) is 24.3. The number of hydrogen-bond donors (Lipinski definition) is 1. The van der Waals surface area contributed by atoms with Crippen molar-refractivity contribution in [3.05, 3.63) is 78.6 Å². The minimum atomic E-state index is -3.95. The van der Waals surface area contributed by atoms with Gasteiger partial charge in [0, 0.05) is 23.8 Å². The van der Waals surface area contributed by atoms with E-state index in [1.807, 2.05) is 0 Å². The Kier molecular flexibility index (Phi) is 6.53. The minimum absolute atomic E-state index is 0.0564. The molecule has 4 aromatic rings. The van der Waals surface area contributed by atoms with E-state index in [9.17, 15) is 13.2 Å². The number of nitrogens with one attached hydrogen (secondary N) is 1. The Balaban J connectivity index is 1.29. The van der Waals surface area contributed by atoms with Gasteiger partial charge in [-0.3, -0.25) is 14.5 Å². The first-order chi connectivity index (χ1) is 17.9. The second-order valence-corrected chi connectivity index (χ2v) is 9.96. The van der Waals surface area contributed by atoms with Crippen LogP contribution in [-0.4, -0.2) is 62.6 Å². The van der Waals surface area contributed by atoms with Gasteiger partial charge in [0.05, 0.1) is 44.1 Å². The van der Waals surface area contributed by atoms with Crippen LogP contribution in [0.4, 0.5) is 5.69 Å². The molecule has 10 nitrogen and oxygen atoms in total. The van der Waals surface area contributed by atoms with Crippen LogP contribution < -0.4 is 18.9 Å². The van der Waals surface area contributed by atoms with Crippen LogP contribution in [0.15, 0.2) is 78.0 Å². The molecule has 0 spiro atoms. The second-order valence-electron chi connectivity index (χ2n) is 8.31. The molecule has 1 amide bonds. The number of sulfonamides is 1. The van der Waals surface area contributed by atoms with Crippen molar-refractivity contribution in [3.8, 4) is 17.4 Å². The smallest absolute Gasteiger partial charge is 0.264 e. The number of benzene rings is 2. The van der Waals surface area contributed by atoms with E-state index in [-0.39, 0.29) is 28.3 Å². The van der Waals surface area contributed by atoms with Gasteiger partial charge in [0.15, 0.2) is 5.75 Å². The summed E-state index contributed by atoms with van der Waals surface area (Å²) in [5.41, 5.74) is 0.939. The van der Waals surface area contributed by atoms with Gasteiger partial charge in [0.1, 0.15) is 16.7 Å². The number of ether oxygens (including phenoxy) is 3. The summed E-state index contributed by atoms with van der Waals surface area (Å²) in [5.74, 6) is 0.887. The number of anilines is 1. The van der Waals surface area contributed by atoms with Crippen molar-refractivity contribution in [2.45, 2.75) is 11.0 Å². The Morgan fingerprint density at radius 2 is 1.68 bits per heavy atom. The summed E-state index contributed by atoms with van der Waals surface area (Å²) in [6, 6.07) is 16.5. The number of nitrogens with zero attached hydrogens (tertiary/aromatic N) is 3. The van der Waals surface area contributed by atoms with E-state index < -0.39 is 10.0 Å². The zero-order valence-corrected chi connectivity index (χ0v) is 20.9. The number of rotatable bonds is 8. The van der Waals surface area contributed by atoms with E-state index in [2.05, 4.69) is 14.7 Å². The maximum Gasteiger partial charge on any atom is 0.264 e. The lowest BCUT2D eigenvalue weighted by Gasteiger charge is -2.39. The third-order valence-corrected chi connectivity index (χ3v) is 7.35. The van der Waals surface area contributed by atoms with E-state index in [4.69, 9.17) is 14.2 Å². The van der Waals surface area contributed by atoms with Crippen LogP contribution in [0.1, 0.15) is 10.4 Å². The highest BCUT2D eigenvalue weighted by Crippen LogP contribution is 2.30. The number of amides is 1. The Morgan fingerprint density at radius 1 is 0.946 bits per heavy atom. The average molecular weight is 521 g/mol. The molecule has 2 aromatic carbocycles. The highest BCUT2D eigenvalue weighted by Gasteiger charge is 2.35. The maximum absolute atomic E-state index is 13.1. The summed E-state index contributed by atoms with van der Waals surface area (Å²) >= 11 is 0. The molecule has 3 heterocycles. The maximum atomic E-state index is 13.1. The summed E-state index contributed by atoms with van der Waals surface area (Å²) in [6.07, 6.45) is 2.93. The topological polar surface area (TPSA) is 120 Å². The molecule has 0 unspecified atom stereocenters. The largest absolute Gasteiger partial charge is 0.496 e. The highest BCUT2D eigenvalue weighted by molar-refractivity contribution is 7.93. The van der Waals surface area contributed by atoms with Crippen LogP contribution in [0.2, 0.25) is 0 Å². The number of fused-ring (bicyclic) bond motifs is 1. The Hall–Kier alpha value is -4.38. The van der Waals surface area contributed by atoms with Gasteiger partial charge in [0.2, 0.25) is 0 Å². The number of likely N-dealkylation sites (tertiary alicyclic amines) is 1. The van der Waals surface area contributed by atoms with Crippen molar-refractivity contribution >= 4 is 32.5 Å². The van der Waals surface area contributed by atoms with Gasteiger partial charge in [-0.2, -0.15) is 0 Å². The summed E-state index contributed by atoms with van der Waals surface area (Å²) in [4.78, 5) is 23.2. The Bertz CT molecular complexity index is 1570. The van der Waals surface area contributed by atoms with E-state index >= 15 is 0 Å². The van der Waals surface area contributed by atoms with Crippen LogP contribution in [0.25, 0.3) is 10.9 Å². The number of aromatic nitrogens is 2. The van der Waals surface area contributed by atoms with Crippen LogP contribution in [0.3, 0.4) is 0 Å². The molecular formula is C26H24N4O6S. The minimum Gasteiger partial charge on any atom is -0.496 e. The molecule has 5 rings (SSSR count). The first-order valence-corrected chi connectivity index (χ1v) is 12.9. The van der Waals surface area contributed by atoms with Crippen LogP contribution >= 0.6 is 0 Å². The van der Waals surface area contributed by atoms with Crippen molar-refractivity contribution in [3.63, 3.8) is 0 Å². The zero-order valence-electron chi connectivity index (χ0n) is 20.1. The molecule has 1 aliphatic heterocycles. The number of pyridine rings is 2. The van der Waals surface area contributed by atoms with Gasteiger partial charge >= 0.3 is 0 Å². The molecule has 0 radical (unpaired) electrons. The van der Waals surface area contributed by atoms with E-state index in [0.29, 0.717) is 41.2 Å². The molecule has 0 aliphatic carbocycles. The third-order valence-electron chi connectivity index (χ3n) is 5.94. The summed E-state index contributed by atoms with van der Waals surface area (Å²) in [6.45, 7) is 0.731. The van der Waals surface area contributed by atoms with Gasteiger partial charge in [0.25, 0.3) is 21.8 Å². The molecule has 0 saturated carbocycles. The lowest BCUT2D eigenvalue weighted by Crippen LogP contribution is -2.56. The molecule has 0 bridgehead atoms. The number of para-hydroxylation sites is 1. The predicted octanol–water partition coefficient (Wildman–Crippen LogP) is 3.35. The molecule has 1 saturated heterocycles. The van der Waals surface area contributed by atoms with Gasteiger partial charge in [-0.15, -0.1) is 0 Å². The molecule has 190 valence electrons. The first-order valence-electron chi connectivity index (χ1n) is 11.4. The standard InChI is InChI=1S/C26H24N4O6S/c1-34-21-8-5-13-28-25(21)36-19-15-30(16-19)26(31)20-11-10-18(14-22(20)35-2)29-37(32,33)23-9-3-6-17-7-4-12-27-24(17)23/h3-14,19,29H,15-16H2,1-2H3. The second kappa shape index (κ2) is 9.94. The van der Waals surface area contributed by atoms with Crippen LogP contribution in [0, 0.1) is 0 Å². The van der Waals surface area contributed by atoms with Gasteiger partial charge < -0.3 is 19.1 Å². The van der Waals surface area contributed by atoms with Crippen molar-refractivity contribution in [1.29, 1.82) is 0 Å². The molecule has 1 N–H and O–H groups in total. The van der Waals surface area contributed by atoms with Crippen molar-refractivity contribution in [2.75, 3.05) is 32.0 Å². The molecule has 0 atom stereocenters. The summed E-state index contributed by atoms with van der Waals surface area (Å²) < 4.78 is 45.3. The molecular weight excluding hydrogens is 496 g/mol. The van der Waals surface area contributed by atoms with Gasteiger partial charge in [-0.25, -0.2) is 13.4 Å². The number of carbonyl (C=O) groups is 1.